The fraction of sp³-hybridized carbons (Fsp3) is 0.250. The van der Waals surface area contributed by atoms with E-state index in [0.29, 0.717) is 40.4 Å². The van der Waals surface area contributed by atoms with Gasteiger partial charge in [0.1, 0.15) is 0 Å². The molecule has 0 saturated carbocycles. The molecule has 3 aromatic carbocycles. The van der Waals surface area contributed by atoms with E-state index in [1.165, 1.54) is 0 Å². The van der Waals surface area contributed by atoms with Gasteiger partial charge in [0.05, 0.1) is 23.5 Å². The van der Waals surface area contributed by atoms with Gasteiger partial charge in [-0.25, -0.2) is 0 Å². The number of carbonyl (C=O) groups excluding carboxylic acids is 1. The molecule has 1 unspecified atom stereocenters. The number of carbonyl (C=O) groups is 1. The summed E-state index contributed by atoms with van der Waals surface area (Å²) in [4.78, 5) is 20.1. The Morgan fingerprint density at radius 1 is 1.03 bits per heavy atom. The van der Waals surface area contributed by atoms with Crippen LogP contribution >= 0.6 is 23.2 Å². The van der Waals surface area contributed by atoms with Crippen molar-refractivity contribution in [3.8, 4) is 11.4 Å². The summed E-state index contributed by atoms with van der Waals surface area (Å²) in [7, 11) is 0. The molecule has 0 aliphatic carbocycles. The minimum Gasteiger partial charge on any atom is -0.345 e. The van der Waals surface area contributed by atoms with Crippen LogP contribution < -0.4 is 5.32 Å². The number of nitrogens with zero attached hydrogens (tertiary/aromatic N) is 3. The number of amides is 1. The smallest absolute Gasteiger partial charge is 0.241 e. The molecule has 1 N–H and O–H groups in total. The third-order valence-corrected chi connectivity index (χ3v) is 6.98. The first-order valence-corrected chi connectivity index (χ1v) is 12.7. The van der Waals surface area contributed by atoms with Crippen LogP contribution in [0.4, 0.5) is 0 Å². The van der Waals surface area contributed by atoms with Gasteiger partial charge in [0.25, 0.3) is 0 Å². The maximum absolute atomic E-state index is 13.4. The molecule has 6 nitrogen and oxygen atoms in total. The third-order valence-electron chi connectivity index (χ3n) is 6.43. The number of hydrogen-bond donors (Lipinski definition) is 1. The predicted octanol–water partition coefficient (Wildman–Crippen LogP) is 6.16. The topological polar surface area (TPSA) is 71.3 Å². The second-order valence-electron chi connectivity index (χ2n) is 8.97. The van der Waals surface area contributed by atoms with Gasteiger partial charge in [0.2, 0.25) is 17.6 Å². The molecular weight excluding hydrogens is 495 g/mol. The van der Waals surface area contributed by atoms with Crippen molar-refractivity contribution in [2.24, 2.45) is 5.92 Å². The number of benzene rings is 3. The van der Waals surface area contributed by atoms with E-state index in [4.69, 9.17) is 27.7 Å². The highest BCUT2D eigenvalue weighted by atomic mass is 35.5. The van der Waals surface area contributed by atoms with Gasteiger partial charge in [0, 0.05) is 17.1 Å². The number of hydrogen-bond acceptors (Lipinski definition) is 5. The minimum absolute atomic E-state index is 0.0524. The lowest BCUT2D eigenvalue weighted by Crippen LogP contribution is -2.43. The van der Waals surface area contributed by atoms with E-state index in [2.05, 4.69) is 20.4 Å². The zero-order valence-corrected chi connectivity index (χ0v) is 21.1. The molecule has 0 spiro atoms. The fourth-order valence-corrected chi connectivity index (χ4v) is 5.11. The molecule has 5 rings (SSSR count). The van der Waals surface area contributed by atoms with E-state index < -0.39 is 0 Å². The number of likely N-dealkylation sites (tertiary alicyclic amines) is 1. The number of halogens is 2. The van der Waals surface area contributed by atoms with E-state index in [1.807, 2.05) is 60.7 Å². The van der Waals surface area contributed by atoms with Crippen LogP contribution in [0.5, 0.6) is 0 Å². The Morgan fingerprint density at radius 3 is 2.39 bits per heavy atom. The summed E-state index contributed by atoms with van der Waals surface area (Å²) in [5.74, 6) is 0.841. The molecule has 1 aromatic heterocycles. The lowest BCUT2D eigenvalue weighted by molar-refractivity contribution is -0.127. The SMILES string of the molecule is O=C(NC(c1ccccc1)c1ccccc1)C1CCCN(Cc2nc(-c3ccc(Cl)cc3Cl)no2)C1. The number of piperidine rings is 1. The summed E-state index contributed by atoms with van der Waals surface area (Å²) in [5.41, 5.74) is 2.78. The monoisotopic (exact) mass is 520 g/mol. The van der Waals surface area contributed by atoms with Crippen LogP contribution in [0.15, 0.2) is 83.4 Å². The van der Waals surface area contributed by atoms with Crippen LogP contribution in [0.3, 0.4) is 0 Å². The Kier molecular flexibility index (Phi) is 7.66. The van der Waals surface area contributed by atoms with Gasteiger partial charge in [-0.05, 0) is 48.7 Å². The second-order valence-corrected chi connectivity index (χ2v) is 9.82. The zero-order chi connectivity index (χ0) is 24.9. The van der Waals surface area contributed by atoms with Crippen molar-refractivity contribution in [2.75, 3.05) is 13.1 Å². The number of aromatic nitrogens is 2. The Hall–Kier alpha value is -3.19. The van der Waals surface area contributed by atoms with Crippen LogP contribution in [0, 0.1) is 5.92 Å². The molecule has 1 saturated heterocycles. The van der Waals surface area contributed by atoms with Gasteiger partial charge >= 0.3 is 0 Å². The quantitative estimate of drug-likeness (QED) is 0.315. The largest absolute Gasteiger partial charge is 0.345 e. The molecule has 1 aliphatic heterocycles. The van der Waals surface area contributed by atoms with Gasteiger partial charge in [-0.1, -0.05) is 89.0 Å². The fourth-order valence-electron chi connectivity index (χ4n) is 4.61. The average molecular weight is 521 g/mol. The van der Waals surface area contributed by atoms with Gasteiger partial charge in [-0.2, -0.15) is 4.98 Å². The molecule has 4 aromatic rings. The van der Waals surface area contributed by atoms with Crippen LogP contribution in [-0.4, -0.2) is 34.0 Å². The van der Waals surface area contributed by atoms with Gasteiger partial charge in [-0.3, -0.25) is 9.69 Å². The molecule has 2 heterocycles. The number of rotatable bonds is 7. The van der Waals surface area contributed by atoms with E-state index in [0.717, 1.165) is 30.5 Å². The molecule has 1 aliphatic rings. The van der Waals surface area contributed by atoms with Crippen molar-refractivity contribution < 1.29 is 9.32 Å². The molecule has 0 radical (unpaired) electrons. The summed E-state index contributed by atoms with van der Waals surface area (Å²) in [6.07, 6.45) is 1.76. The van der Waals surface area contributed by atoms with Crippen LogP contribution in [-0.2, 0) is 11.3 Å². The van der Waals surface area contributed by atoms with E-state index in [-0.39, 0.29) is 17.9 Å². The van der Waals surface area contributed by atoms with E-state index >= 15 is 0 Å². The first-order chi connectivity index (χ1) is 17.6. The predicted molar refractivity (Wildman–Crippen MR) is 141 cm³/mol. The molecule has 1 amide bonds. The summed E-state index contributed by atoms with van der Waals surface area (Å²) >= 11 is 12.3. The average Bonchev–Trinajstić information content (AvgIpc) is 3.36. The Morgan fingerprint density at radius 2 is 1.72 bits per heavy atom. The van der Waals surface area contributed by atoms with Gasteiger partial charge in [-0.15, -0.1) is 0 Å². The Labute approximate surface area is 220 Å². The number of nitrogens with one attached hydrogen (secondary N) is 1. The Balaban J connectivity index is 1.25. The van der Waals surface area contributed by atoms with E-state index in [1.54, 1.807) is 18.2 Å². The lowest BCUT2D eigenvalue weighted by Gasteiger charge is -2.32. The van der Waals surface area contributed by atoms with Crippen molar-refractivity contribution in [1.29, 1.82) is 0 Å². The van der Waals surface area contributed by atoms with Crippen LogP contribution in [0.2, 0.25) is 10.0 Å². The maximum atomic E-state index is 13.4. The zero-order valence-electron chi connectivity index (χ0n) is 19.6. The second kappa shape index (κ2) is 11.2. The normalized spacial score (nSPS) is 16.2. The molecule has 0 bridgehead atoms. The molecule has 1 atom stereocenters. The first kappa shape index (κ1) is 24.5. The van der Waals surface area contributed by atoms with Crippen LogP contribution in [0.1, 0.15) is 35.9 Å². The lowest BCUT2D eigenvalue weighted by atomic mass is 9.94. The standard InChI is InChI=1S/C28H26Cl2N4O2/c29-22-13-14-23(24(30)16-22)27-31-25(36-33-27)18-34-15-7-12-21(17-34)28(35)32-26(19-8-3-1-4-9-19)20-10-5-2-6-11-20/h1-6,8-11,13-14,16,21,26H,7,12,15,17-18H2,(H,32,35). The van der Waals surface area contributed by atoms with Crippen LogP contribution in [0.25, 0.3) is 11.4 Å². The highest BCUT2D eigenvalue weighted by molar-refractivity contribution is 6.36. The highest BCUT2D eigenvalue weighted by Crippen LogP contribution is 2.29. The van der Waals surface area contributed by atoms with Crippen molar-refractivity contribution in [3.63, 3.8) is 0 Å². The highest BCUT2D eigenvalue weighted by Gasteiger charge is 2.29. The molecule has 8 heteroatoms. The third kappa shape index (κ3) is 5.78. The molecule has 36 heavy (non-hydrogen) atoms. The molecular formula is C28H26Cl2N4O2. The maximum Gasteiger partial charge on any atom is 0.241 e. The summed E-state index contributed by atoms with van der Waals surface area (Å²) in [6.45, 7) is 1.97. The van der Waals surface area contributed by atoms with Gasteiger partial charge < -0.3 is 9.84 Å². The van der Waals surface area contributed by atoms with Crippen molar-refractivity contribution in [1.82, 2.24) is 20.4 Å². The van der Waals surface area contributed by atoms with Crippen molar-refractivity contribution >= 4 is 29.1 Å². The summed E-state index contributed by atoms with van der Waals surface area (Å²) < 4.78 is 5.49. The summed E-state index contributed by atoms with van der Waals surface area (Å²) in [5, 5.41) is 8.40. The first-order valence-electron chi connectivity index (χ1n) is 12.0. The van der Waals surface area contributed by atoms with Crippen molar-refractivity contribution in [3.05, 3.63) is 106 Å². The van der Waals surface area contributed by atoms with E-state index in [9.17, 15) is 4.79 Å². The van der Waals surface area contributed by atoms with Gasteiger partial charge in [0.15, 0.2) is 0 Å². The molecule has 184 valence electrons. The minimum atomic E-state index is -0.196. The van der Waals surface area contributed by atoms with Crippen molar-refractivity contribution in [2.45, 2.75) is 25.4 Å². The Bertz CT molecular complexity index is 1270. The molecule has 1 fully saturated rings. The summed E-state index contributed by atoms with van der Waals surface area (Å²) in [6, 6.07) is 25.1.